The van der Waals surface area contributed by atoms with Gasteiger partial charge in [0.2, 0.25) is 11.8 Å². The average molecular weight is 351 g/mol. The smallest absolute Gasteiger partial charge is 0.229 e. The Morgan fingerprint density at radius 1 is 1.08 bits per heavy atom. The molecular formula is C21H25N3O2. The molecule has 2 heterocycles. The SMILES string of the molecule is O=C(Nc1cccc2cccnc12)C1CC(=O)N(C2CCCCCC2)C1. The highest BCUT2D eigenvalue weighted by Crippen LogP contribution is 2.29. The molecule has 5 heteroatoms. The third-order valence-corrected chi connectivity index (χ3v) is 5.69. The van der Waals surface area contributed by atoms with E-state index in [1.54, 1.807) is 6.20 Å². The van der Waals surface area contributed by atoms with Gasteiger partial charge >= 0.3 is 0 Å². The third-order valence-electron chi connectivity index (χ3n) is 5.69. The average Bonchev–Trinajstić information content (AvgIpc) is 2.87. The standard InChI is InChI=1S/C21H25N3O2/c25-19-13-16(14-24(19)17-9-3-1-2-4-10-17)21(26)23-18-11-5-7-15-8-6-12-22-20(15)18/h5-8,11-12,16-17H,1-4,9-10,13-14H2,(H,23,26). The fourth-order valence-corrected chi connectivity index (χ4v) is 4.27. The van der Waals surface area contributed by atoms with Crippen LogP contribution in [-0.2, 0) is 9.59 Å². The van der Waals surface area contributed by atoms with Crippen LogP contribution >= 0.6 is 0 Å². The maximum absolute atomic E-state index is 12.8. The molecule has 1 atom stereocenters. The number of carbonyl (C=O) groups excluding carboxylic acids is 2. The lowest BCUT2D eigenvalue weighted by atomic mass is 10.1. The number of nitrogens with one attached hydrogen (secondary N) is 1. The monoisotopic (exact) mass is 351 g/mol. The highest BCUT2D eigenvalue weighted by atomic mass is 16.2. The Kier molecular flexibility index (Phi) is 4.87. The van der Waals surface area contributed by atoms with Crippen molar-refractivity contribution in [2.45, 2.75) is 51.0 Å². The molecule has 1 aromatic heterocycles. The molecular weight excluding hydrogens is 326 g/mol. The van der Waals surface area contributed by atoms with Crippen LogP contribution < -0.4 is 5.32 Å². The number of hydrogen-bond donors (Lipinski definition) is 1. The van der Waals surface area contributed by atoms with Crippen LogP contribution in [-0.4, -0.2) is 34.3 Å². The number of pyridine rings is 1. The summed E-state index contributed by atoms with van der Waals surface area (Å²) in [6.45, 7) is 0.549. The van der Waals surface area contributed by atoms with E-state index in [2.05, 4.69) is 10.3 Å². The topological polar surface area (TPSA) is 62.3 Å². The number of nitrogens with zero attached hydrogens (tertiary/aromatic N) is 2. The summed E-state index contributed by atoms with van der Waals surface area (Å²) in [6, 6.07) is 9.94. The highest BCUT2D eigenvalue weighted by molar-refractivity contribution is 6.03. The van der Waals surface area contributed by atoms with Gasteiger partial charge in [0.1, 0.15) is 0 Å². The van der Waals surface area contributed by atoms with Crippen LogP contribution in [0.2, 0.25) is 0 Å². The second-order valence-corrected chi connectivity index (χ2v) is 7.46. The summed E-state index contributed by atoms with van der Waals surface area (Å²) in [7, 11) is 0. The first-order chi connectivity index (χ1) is 12.7. The number of anilines is 1. The molecule has 1 aliphatic heterocycles. The van der Waals surface area contributed by atoms with Gasteiger partial charge in [-0.15, -0.1) is 0 Å². The number of para-hydroxylation sites is 1. The van der Waals surface area contributed by atoms with E-state index >= 15 is 0 Å². The first-order valence-electron chi connectivity index (χ1n) is 9.66. The van der Waals surface area contributed by atoms with E-state index < -0.39 is 0 Å². The number of aromatic nitrogens is 1. The van der Waals surface area contributed by atoms with Crippen LogP contribution in [0.5, 0.6) is 0 Å². The molecule has 1 saturated heterocycles. The van der Waals surface area contributed by atoms with E-state index in [-0.39, 0.29) is 17.7 Å². The van der Waals surface area contributed by atoms with Gasteiger partial charge in [-0.25, -0.2) is 0 Å². The second-order valence-electron chi connectivity index (χ2n) is 7.46. The van der Waals surface area contributed by atoms with Crippen molar-refractivity contribution in [3.05, 3.63) is 36.5 Å². The summed E-state index contributed by atoms with van der Waals surface area (Å²) in [5, 5.41) is 4.00. The van der Waals surface area contributed by atoms with E-state index in [0.717, 1.165) is 23.7 Å². The Morgan fingerprint density at radius 2 is 1.85 bits per heavy atom. The van der Waals surface area contributed by atoms with Gasteiger partial charge in [0, 0.05) is 30.6 Å². The highest BCUT2D eigenvalue weighted by Gasteiger charge is 2.37. The van der Waals surface area contributed by atoms with Gasteiger partial charge < -0.3 is 10.2 Å². The third kappa shape index (κ3) is 3.43. The van der Waals surface area contributed by atoms with E-state index in [9.17, 15) is 9.59 Å². The van der Waals surface area contributed by atoms with Crippen molar-refractivity contribution >= 4 is 28.4 Å². The Labute approximate surface area is 153 Å². The molecule has 1 aromatic carbocycles. The van der Waals surface area contributed by atoms with Crippen molar-refractivity contribution < 1.29 is 9.59 Å². The Bertz CT molecular complexity index is 807. The molecule has 1 unspecified atom stereocenters. The lowest BCUT2D eigenvalue weighted by Crippen LogP contribution is -2.37. The van der Waals surface area contributed by atoms with Gasteiger partial charge in [-0.05, 0) is 25.0 Å². The fourth-order valence-electron chi connectivity index (χ4n) is 4.27. The molecule has 1 N–H and O–H groups in total. The predicted molar refractivity (Wildman–Crippen MR) is 102 cm³/mol. The molecule has 1 aliphatic carbocycles. The fraction of sp³-hybridized carbons (Fsp3) is 0.476. The molecule has 2 amide bonds. The van der Waals surface area contributed by atoms with Crippen molar-refractivity contribution in [3.8, 4) is 0 Å². The molecule has 26 heavy (non-hydrogen) atoms. The number of amides is 2. The number of benzene rings is 1. The molecule has 2 fully saturated rings. The number of fused-ring (bicyclic) bond motifs is 1. The maximum atomic E-state index is 12.8. The predicted octanol–water partition coefficient (Wildman–Crippen LogP) is 3.74. The molecule has 4 rings (SSSR count). The van der Waals surface area contributed by atoms with Gasteiger partial charge in [0.05, 0.1) is 17.1 Å². The zero-order valence-corrected chi connectivity index (χ0v) is 15.0. The van der Waals surface area contributed by atoms with Crippen molar-refractivity contribution in [1.29, 1.82) is 0 Å². The minimum atomic E-state index is -0.273. The van der Waals surface area contributed by atoms with Gasteiger partial charge in [-0.1, -0.05) is 43.9 Å². The minimum Gasteiger partial charge on any atom is -0.339 e. The summed E-state index contributed by atoms with van der Waals surface area (Å²) in [5.41, 5.74) is 1.50. The van der Waals surface area contributed by atoms with E-state index in [0.29, 0.717) is 24.7 Å². The largest absolute Gasteiger partial charge is 0.339 e. The Morgan fingerprint density at radius 3 is 2.65 bits per heavy atom. The number of hydrogen-bond acceptors (Lipinski definition) is 3. The summed E-state index contributed by atoms with van der Waals surface area (Å²) >= 11 is 0. The van der Waals surface area contributed by atoms with Crippen molar-refractivity contribution in [3.63, 3.8) is 0 Å². The van der Waals surface area contributed by atoms with Crippen LogP contribution in [0.1, 0.15) is 44.9 Å². The van der Waals surface area contributed by atoms with Gasteiger partial charge in [-0.3, -0.25) is 14.6 Å². The molecule has 1 saturated carbocycles. The van der Waals surface area contributed by atoms with Crippen LogP contribution in [0.25, 0.3) is 10.9 Å². The summed E-state index contributed by atoms with van der Waals surface area (Å²) < 4.78 is 0. The van der Waals surface area contributed by atoms with Crippen LogP contribution in [0, 0.1) is 5.92 Å². The van der Waals surface area contributed by atoms with Crippen molar-refractivity contribution in [2.24, 2.45) is 5.92 Å². The molecule has 0 spiro atoms. The second kappa shape index (κ2) is 7.44. The molecule has 0 bridgehead atoms. The lowest BCUT2D eigenvalue weighted by Gasteiger charge is -2.27. The Balaban J connectivity index is 1.46. The molecule has 2 aliphatic rings. The van der Waals surface area contributed by atoms with Crippen molar-refractivity contribution in [1.82, 2.24) is 9.88 Å². The van der Waals surface area contributed by atoms with Gasteiger partial charge in [0.15, 0.2) is 0 Å². The zero-order valence-electron chi connectivity index (χ0n) is 15.0. The van der Waals surface area contributed by atoms with E-state index in [1.807, 2.05) is 35.2 Å². The minimum absolute atomic E-state index is 0.0763. The molecule has 5 nitrogen and oxygen atoms in total. The quantitative estimate of drug-likeness (QED) is 0.857. The molecule has 2 aromatic rings. The van der Waals surface area contributed by atoms with E-state index in [1.165, 1.54) is 25.7 Å². The van der Waals surface area contributed by atoms with E-state index in [4.69, 9.17) is 0 Å². The first-order valence-corrected chi connectivity index (χ1v) is 9.66. The summed E-state index contributed by atoms with van der Waals surface area (Å²) in [6.07, 6.45) is 9.10. The van der Waals surface area contributed by atoms with Gasteiger partial charge in [0.25, 0.3) is 0 Å². The van der Waals surface area contributed by atoms with Crippen molar-refractivity contribution in [2.75, 3.05) is 11.9 Å². The maximum Gasteiger partial charge on any atom is 0.229 e. The van der Waals surface area contributed by atoms with Crippen LogP contribution in [0.15, 0.2) is 36.5 Å². The zero-order chi connectivity index (χ0) is 17.9. The summed E-state index contributed by atoms with van der Waals surface area (Å²) in [5.74, 6) is -0.217. The Hall–Kier alpha value is -2.43. The molecule has 136 valence electrons. The van der Waals surface area contributed by atoms with Crippen LogP contribution in [0.3, 0.4) is 0 Å². The number of rotatable bonds is 3. The number of likely N-dealkylation sites (tertiary alicyclic amines) is 1. The van der Waals surface area contributed by atoms with Crippen LogP contribution in [0.4, 0.5) is 5.69 Å². The lowest BCUT2D eigenvalue weighted by molar-refractivity contribution is -0.130. The summed E-state index contributed by atoms with van der Waals surface area (Å²) in [4.78, 5) is 31.6. The van der Waals surface area contributed by atoms with Gasteiger partial charge in [-0.2, -0.15) is 0 Å². The first kappa shape index (κ1) is 17.0. The number of carbonyl (C=O) groups is 2. The molecule has 0 radical (unpaired) electrons. The normalized spacial score (nSPS) is 21.8.